The van der Waals surface area contributed by atoms with Crippen molar-refractivity contribution in [2.75, 3.05) is 11.9 Å². The van der Waals surface area contributed by atoms with Crippen LogP contribution in [0.25, 0.3) is 27.5 Å². The Morgan fingerprint density at radius 2 is 1.48 bits per heavy atom. The van der Waals surface area contributed by atoms with E-state index < -0.39 is 0 Å². The predicted molar refractivity (Wildman–Crippen MR) is 248 cm³/mol. The van der Waals surface area contributed by atoms with Crippen LogP contribution in [0.15, 0.2) is 164 Å². The standard InChI is InChI=1S/C55H54N4O/c1-55(2)46-20-12-10-18-40(46)41-26-22-37(31-47(41)55)53-56-52(35-16-8-5-9-17-35)57-54(58(53)3)38-23-27-43-44-28-25-39(33-51(44)60-50(43)32-38)59-48-21-13-11-19-42(48)45-30-36(24-29-49(45)59)34-14-6-4-7-15-34/h6,8,11-12,14-17,19-20,22-23,25-28,30-33,45,49,53-54H,4-5,7,9-10,13,18,21,24,29H2,1-3H3,(H,56,57). The third-order valence-electron chi connectivity index (χ3n) is 14.9. The molecule has 0 fully saturated rings. The zero-order valence-corrected chi connectivity index (χ0v) is 35.2. The summed E-state index contributed by atoms with van der Waals surface area (Å²) in [6.07, 6.45) is 37.0. The topological polar surface area (TPSA) is 44.0 Å². The second kappa shape index (κ2) is 14.0. The van der Waals surface area contributed by atoms with Gasteiger partial charge in [-0.25, -0.2) is 4.99 Å². The molecule has 5 heteroatoms. The summed E-state index contributed by atoms with van der Waals surface area (Å²) in [4.78, 5) is 10.5. The van der Waals surface area contributed by atoms with Crippen LogP contribution in [0.3, 0.4) is 0 Å². The van der Waals surface area contributed by atoms with Crippen molar-refractivity contribution in [3.05, 3.63) is 177 Å². The third kappa shape index (κ3) is 5.65. The van der Waals surface area contributed by atoms with Crippen molar-refractivity contribution >= 4 is 39.0 Å². The Kier molecular flexibility index (Phi) is 8.43. The largest absolute Gasteiger partial charge is 0.456 e. The first kappa shape index (κ1) is 36.2. The Morgan fingerprint density at radius 3 is 2.32 bits per heavy atom. The second-order valence-corrected chi connectivity index (χ2v) is 18.7. The van der Waals surface area contributed by atoms with Gasteiger partial charge in [0.1, 0.15) is 29.3 Å². The first-order valence-corrected chi connectivity index (χ1v) is 22.6. The van der Waals surface area contributed by atoms with Crippen LogP contribution in [0.1, 0.15) is 113 Å². The summed E-state index contributed by atoms with van der Waals surface area (Å²) in [6.45, 7) is 4.78. The van der Waals surface area contributed by atoms with E-state index in [9.17, 15) is 0 Å². The number of fused-ring (bicyclic) bond motifs is 7. The van der Waals surface area contributed by atoms with Crippen molar-refractivity contribution in [1.29, 1.82) is 0 Å². The molecule has 60 heavy (non-hydrogen) atoms. The molecule has 0 spiro atoms. The van der Waals surface area contributed by atoms with Crippen LogP contribution in [0.2, 0.25) is 0 Å². The van der Waals surface area contributed by atoms with E-state index in [-0.39, 0.29) is 17.7 Å². The fraction of sp³-hybridized carbons (Fsp3) is 0.327. The molecule has 4 aromatic rings. The van der Waals surface area contributed by atoms with Gasteiger partial charge in [-0.3, -0.25) is 4.90 Å². The average molecular weight is 787 g/mol. The zero-order valence-electron chi connectivity index (χ0n) is 35.2. The third-order valence-corrected chi connectivity index (χ3v) is 14.9. The smallest absolute Gasteiger partial charge is 0.137 e. The van der Waals surface area contributed by atoms with Crippen LogP contribution < -0.4 is 10.2 Å². The van der Waals surface area contributed by atoms with Gasteiger partial charge in [-0.2, -0.15) is 0 Å². The van der Waals surface area contributed by atoms with Gasteiger partial charge in [-0.15, -0.1) is 0 Å². The van der Waals surface area contributed by atoms with Crippen molar-refractivity contribution in [2.24, 2.45) is 10.9 Å². The van der Waals surface area contributed by atoms with Gasteiger partial charge in [0, 0.05) is 51.2 Å². The molecule has 3 aromatic carbocycles. The predicted octanol–water partition coefficient (Wildman–Crippen LogP) is 13.3. The first-order valence-electron chi connectivity index (χ1n) is 22.6. The molecule has 0 amide bonds. The van der Waals surface area contributed by atoms with E-state index in [1.165, 1.54) is 72.5 Å². The number of furan rings is 1. The van der Waals surface area contributed by atoms with Gasteiger partial charge in [0.25, 0.3) is 0 Å². The highest BCUT2D eigenvalue weighted by molar-refractivity contribution is 6.06. The number of nitrogens with zero attached hydrogens (tertiary/aromatic N) is 3. The molecule has 6 aliphatic carbocycles. The van der Waals surface area contributed by atoms with E-state index in [4.69, 9.17) is 9.41 Å². The summed E-state index contributed by atoms with van der Waals surface area (Å²) < 4.78 is 6.87. The number of amidine groups is 1. The SMILES string of the molecule is CN1C(c2ccc3c(c2)C(C)(C)C2=C3CCC=C2)N=C(C2=CCCC=C2)NC1c1ccc2c(c1)oc1cc(N3C4=C(C=CCC4)C4C=C(C5=CCCC=C5)CCC43)ccc12. The minimum Gasteiger partial charge on any atom is -0.456 e. The van der Waals surface area contributed by atoms with E-state index in [0.29, 0.717) is 12.0 Å². The Labute approximate surface area is 354 Å². The first-order chi connectivity index (χ1) is 29.4. The fourth-order valence-corrected chi connectivity index (χ4v) is 11.8. The molecule has 5 nitrogen and oxygen atoms in total. The van der Waals surface area contributed by atoms with E-state index in [0.717, 1.165) is 86.6 Å². The number of allylic oxidation sites excluding steroid dienone is 14. The molecule has 1 N–H and O–H groups in total. The lowest BCUT2D eigenvalue weighted by Crippen LogP contribution is -2.46. The van der Waals surface area contributed by atoms with E-state index in [1.807, 2.05) is 0 Å². The normalized spacial score (nSPS) is 26.8. The highest BCUT2D eigenvalue weighted by Gasteiger charge is 2.42. The number of hydrogen-bond acceptors (Lipinski definition) is 5. The number of anilines is 1. The lowest BCUT2D eigenvalue weighted by molar-refractivity contribution is 0.152. The number of nitrogens with one attached hydrogen (secondary N) is 1. The summed E-state index contributed by atoms with van der Waals surface area (Å²) in [5, 5.41) is 6.22. The van der Waals surface area contributed by atoms with Crippen LogP contribution in [-0.4, -0.2) is 23.8 Å². The molecule has 4 atom stereocenters. The van der Waals surface area contributed by atoms with Crippen molar-refractivity contribution in [3.63, 3.8) is 0 Å². The monoisotopic (exact) mass is 786 g/mol. The van der Waals surface area contributed by atoms with E-state index in [2.05, 4.69) is 157 Å². The van der Waals surface area contributed by atoms with Gasteiger partial charge >= 0.3 is 0 Å². The van der Waals surface area contributed by atoms with Gasteiger partial charge in [-0.1, -0.05) is 111 Å². The molecular formula is C55H54N4O. The molecule has 1 aromatic heterocycles. The molecule has 300 valence electrons. The quantitative estimate of drug-likeness (QED) is 0.219. The molecule has 2 aliphatic heterocycles. The molecule has 0 saturated heterocycles. The van der Waals surface area contributed by atoms with E-state index in [1.54, 1.807) is 0 Å². The number of hydrogen-bond donors (Lipinski definition) is 1. The molecular weight excluding hydrogens is 733 g/mol. The molecule has 3 heterocycles. The van der Waals surface area contributed by atoms with Crippen molar-refractivity contribution in [2.45, 2.75) is 102 Å². The number of benzene rings is 3. The Bertz CT molecular complexity index is 2820. The van der Waals surface area contributed by atoms with Crippen LogP contribution in [0.4, 0.5) is 5.69 Å². The Balaban J connectivity index is 0.888. The molecule has 4 unspecified atom stereocenters. The maximum atomic E-state index is 6.87. The summed E-state index contributed by atoms with van der Waals surface area (Å²) in [5.74, 6) is 1.38. The van der Waals surface area contributed by atoms with Crippen molar-refractivity contribution in [1.82, 2.24) is 10.2 Å². The van der Waals surface area contributed by atoms with Crippen LogP contribution in [-0.2, 0) is 5.41 Å². The maximum absolute atomic E-state index is 6.87. The van der Waals surface area contributed by atoms with Gasteiger partial charge in [-0.05, 0) is 140 Å². The van der Waals surface area contributed by atoms with Crippen LogP contribution in [0, 0.1) is 5.92 Å². The molecule has 0 radical (unpaired) electrons. The van der Waals surface area contributed by atoms with E-state index >= 15 is 0 Å². The molecule has 8 aliphatic rings. The zero-order chi connectivity index (χ0) is 40.1. The minimum atomic E-state index is -0.148. The fourth-order valence-electron chi connectivity index (χ4n) is 11.8. The average Bonchev–Trinajstić information content (AvgIpc) is 3.91. The summed E-state index contributed by atoms with van der Waals surface area (Å²) >= 11 is 0. The van der Waals surface area contributed by atoms with Gasteiger partial charge in [0.2, 0.25) is 0 Å². The summed E-state index contributed by atoms with van der Waals surface area (Å²) in [6, 6.07) is 21.4. The second-order valence-electron chi connectivity index (χ2n) is 18.7. The van der Waals surface area contributed by atoms with Crippen LogP contribution in [0.5, 0.6) is 0 Å². The Morgan fingerprint density at radius 1 is 0.733 bits per heavy atom. The summed E-state index contributed by atoms with van der Waals surface area (Å²) in [5.41, 5.74) is 18.5. The molecule has 12 rings (SSSR count). The van der Waals surface area contributed by atoms with Crippen molar-refractivity contribution < 1.29 is 4.42 Å². The van der Waals surface area contributed by atoms with Gasteiger partial charge in [0.05, 0.1) is 0 Å². The molecule has 0 bridgehead atoms. The van der Waals surface area contributed by atoms with Gasteiger partial charge < -0.3 is 14.6 Å². The maximum Gasteiger partial charge on any atom is 0.137 e. The lowest BCUT2D eigenvalue weighted by Gasteiger charge is -2.40. The number of aliphatic imine (C=N–C) groups is 1. The Hall–Kier alpha value is -5.65. The van der Waals surface area contributed by atoms with Crippen molar-refractivity contribution in [3.8, 4) is 0 Å². The summed E-state index contributed by atoms with van der Waals surface area (Å²) in [7, 11) is 2.21. The minimum absolute atomic E-state index is 0.0274. The molecule has 0 saturated carbocycles. The number of rotatable bonds is 5. The highest BCUT2D eigenvalue weighted by Crippen LogP contribution is 2.52. The van der Waals surface area contributed by atoms with Gasteiger partial charge in [0.15, 0.2) is 0 Å². The van der Waals surface area contributed by atoms with Crippen LogP contribution >= 0.6 is 0 Å². The highest BCUT2D eigenvalue weighted by atomic mass is 16.3. The lowest BCUT2D eigenvalue weighted by atomic mass is 9.79.